The standard InChI is InChI=1S/C17H28N2O2/c1-6-11-19(5)15-9-7-14(8-10-15)16(20)18-12-17(4,21)13(2)3/h7-10,13,21H,6,11-12H2,1-5H3,(H,18,20). The molecule has 0 aromatic heterocycles. The van der Waals surface area contributed by atoms with Gasteiger partial charge in [-0.15, -0.1) is 0 Å². The summed E-state index contributed by atoms with van der Waals surface area (Å²) in [5, 5.41) is 12.9. The van der Waals surface area contributed by atoms with Crippen LogP contribution in [0.4, 0.5) is 5.69 Å². The van der Waals surface area contributed by atoms with Crippen LogP contribution >= 0.6 is 0 Å². The van der Waals surface area contributed by atoms with Crippen LogP contribution in [-0.4, -0.2) is 36.8 Å². The Morgan fingerprint density at radius 2 is 1.90 bits per heavy atom. The average molecular weight is 292 g/mol. The molecule has 0 saturated heterocycles. The third-order valence-corrected chi connectivity index (χ3v) is 3.98. The van der Waals surface area contributed by atoms with E-state index in [4.69, 9.17) is 0 Å². The highest BCUT2D eigenvalue weighted by atomic mass is 16.3. The summed E-state index contributed by atoms with van der Waals surface area (Å²) in [5.74, 6) is -0.0662. The highest BCUT2D eigenvalue weighted by Crippen LogP contribution is 2.16. The molecule has 4 nitrogen and oxygen atoms in total. The molecule has 21 heavy (non-hydrogen) atoms. The van der Waals surface area contributed by atoms with Gasteiger partial charge >= 0.3 is 0 Å². The van der Waals surface area contributed by atoms with Crippen LogP contribution in [-0.2, 0) is 0 Å². The minimum atomic E-state index is -0.892. The highest BCUT2D eigenvalue weighted by molar-refractivity contribution is 5.94. The van der Waals surface area contributed by atoms with Crippen LogP contribution in [0, 0.1) is 5.92 Å². The minimum Gasteiger partial charge on any atom is -0.388 e. The smallest absolute Gasteiger partial charge is 0.251 e. The number of rotatable bonds is 7. The normalized spacial score (nSPS) is 13.9. The Hall–Kier alpha value is -1.55. The molecule has 0 spiro atoms. The van der Waals surface area contributed by atoms with Crippen molar-refractivity contribution in [2.24, 2.45) is 5.92 Å². The highest BCUT2D eigenvalue weighted by Gasteiger charge is 2.25. The van der Waals surface area contributed by atoms with E-state index >= 15 is 0 Å². The third-order valence-electron chi connectivity index (χ3n) is 3.98. The molecule has 0 heterocycles. The number of hydrogen-bond acceptors (Lipinski definition) is 3. The first kappa shape index (κ1) is 17.5. The van der Waals surface area contributed by atoms with E-state index in [0.717, 1.165) is 18.7 Å². The largest absolute Gasteiger partial charge is 0.388 e. The Labute approximate surface area is 128 Å². The van der Waals surface area contributed by atoms with Gasteiger partial charge in [0.2, 0.25) is 0 Å². The fourth-order valence-electron chi connectivity index (χ4n) is 1.90. The van der Waals surface area contributed by atoms with E-state index in [2.05, 4.69) is 17.1 Å². The van der Waals surface area contributed by atoms with Crippen molar-refractivity contribution in [1.82, 2.24) is 5.32 Å². The lowest BCUT2D eigenvalue weighted by Crippen LogP contribution is -2.44. The van der Waals surface area contributed by atoms with Gasteiger partial charge in [0, 0.05) is 31.4 Å². The van der Waals surface area contributed by atoms with Gasteiger partial charge in [-0.3, -0.25) is 4.79 Å². The Bertz CT molecular complexity index is 452. The third kappa shape index (κ3) is 5.05. The second kappa shape index (κ2) is 7.46. The summed E-state index contributed by atoms with van der Waals surface area (Å²) < 4.78 is 0. The molecule has 1 aromatic rings. The van der Waals surface area contributed by atoms with Crippen molar-refractivity contribution >= 4 is 11.6 Å². The summed E-state index contributed by atoms with van der Waals surface area (Å²) in [7, 11) is 2.04. The van der Waals surface area contributed by atoms with Gasteiger partial charge in [0.1, 0.15) is 0 Å². The van der Waals surface area contributed by atoms with Crippen molar-refractivity contribution in [2.75, 3.05) is 25.0 Å². The molecule has 1 unspecified atom stereocenters. The van der Waals surface area contributed by atoms with Gasteiger partial charge in [0.05, 0.1) is 5.60 Å². The number of hydrogen-bond donors (Lipinski definition) is 2. The zero-order valence-corrected chi connectivity index (χ0v) is 13.8. The molecule has 1 atom stereocenters. The van der Waals surface area contributed by atoms with E-state index in [0.29, 0.717) is 5.56 Å². The summed E-state index contributed by atoms with van der Waals surface area (Å²) in [5.41, 5.74) is 0.822. The van der Waals surface area contributed by atoms with Crippen molar-refractivity contribution in [3.8, 4) is 0 Å². The molecule has 0 aliphatic heterocycles. The molecule has 1 rings (SSSR count). The summed E-state index contributed by atoms with van der Waals surface area (Å²) in [6.45, 7) is 8.98. The number of nitrogens with zero attached hydrogens (tertiary/aromatic N) is 1. The van der Waals surface area contributed by atoms with Crippen LogP contribution in [0.15, 0.2) is 24.3 Å². The lowest BCUT2D eigenvalue weighted by molar-refractivity contribution is 0.0142. The van der Waals surface area contributed by atoms with Crippen molar-refractivity contribution in [3.63, 3.8) is 0 Å². The molecular formula is C17H28N2O2. The van der Waals surface area contributed by atoms with E-state index in [1.807, 2.05) is 45.2 Å². The summed E-state index contributed by atoms with van der Waals surface area (Å²) in [4.78, 5) is 14.2. The first-order valence-electron chi connectivity index (χ1n) is 7.59. The first-order chi connectivity index (χ1) is 9.77. The number of carbonyl (C=O) groups excluding carboxylic acids is 1. The lowest BCUT2D eigenvalue weighted by Gasteiger charge is -2.27. The molecular weight excluding hydrogens is 264 g/mol. The van der Waals surface area contributed by atoms with E-state index in [1.165, 1.54) is 0 Å². The topological polar surface area (TPSA) is 52.6 Å². The van der Waals surface area contributed by atoms with Crippen molar-refractivity contribution in [2.45, 2.75) is 39.7 Å². The van der Waals surface area contributed by atoms with Gasteiger partial charge in [-0.1, -0.05) is 20.8 Å². The number of nitrogens with one attached hydrogen (secondary N) is 1. The van der Waals surface area contributed by atoms with Crippen molar-refractivity contribution in [3.05, 3.63) is 29.8 Å². The molecule has 0 aliphatic carbocycles. The number of carbonyl (C=O) groups is 1. The maximum absolute atomic E-state index is 12.1. The SMILES string of the molecule is CCCN(C)c1ccc(C(=O)NCC(C)(O)C(C)C)cc1. The van der Waals surface area contributed by atoms with E-state index in [1.54, 1.807) is 6.92 Å². The predicted molar refractivity (Wildman–Crippen MR) is 87.8 cm³/mol. The van der Waals surface area contributed by atoms with Crippen LogP contribution in [0.2, 0.25) is 0 Å². The number of aliphatic hydroxyl groups is 1. The van der Waals surface area contributed by atoms with E-state index < -0.39 is 5.60 Å². The van der Waals surface area contributed by atoms with Crippen molar-refractivity contribution in [1.29, 1.82) is 0 Å². The summed E-state index contributed by atoms with van der Waals surface area (Å²) in [6.07, 6.45) is 1.09. The van der Waals surface area contributed by atoms with Gasteiger partial charge in [0.15, 0.2) is 0 Å². The lowest BCUT2D eigenvalue weighted by atomic mass is 9.92. The Balaban J connectivity index is 2.63. The Morgan fingerprint density at radius 1 is 1.33 bits per heavy atom. The molecule has 0 bridgehead atoms. The van der Waals surface area contributed by atoms with E-state index in [9.17, 15) is 9.90 Å². The van der Waals surface area contributed by atoms with Crippen LogP contribution in [0.25, 0.3) is 0 Å². The van der Waals surface area contributed by atoms with Crippen LogP contribution < -0.4 is 10.2 Å². The molecule has 0 fully saturated rings. The molecule has 0 aliphatic rings. The molecule has 4 heteroatoms. The minimum absolute atomic E-state index is 0.0860. The fourth-order valence-corrected chi connectivity index (χ4v) is 1.90. The average Bonchev–Trinajstić information content (AvgIpc) is 2.45. The zero-order chi connectivity index (χ0) is 16.0. The van der Waals surface area contributed by atoms with Gasteiger partial charge in [-0.25, -0.2) is 0 Å². The Kier molecular flexibility index (Phi) is 6.21. The molecule has 118 valence electrons. The second-order valence-electron chi connectivity index (χ2n) is 6.16. The maximum atomic E-state index is 12.1. The van der Waals surface area contributed by atoms with Gasteiger partial charge in [-0.05, 0) is 43.5 Å². The predicted octanol–water partition coefficient (Wildman–Crippen LogP) is 2.67. The zero-order valence-electron chi connectivity index (χ0n) is 13.8. The van der Waals surface area contributed by atoms with Gasteiger partial charge < -0.3 is 15.3 Å². The molecule has 2 N–H and O–H groups in total. The summed E-state index contributed by atoms with van der Waals surface area (Å²) >= 11 is 0. The van der Waals surface area contributed by atoms with E-state index in [-0.39, 0.29) is 18.4 Å². The van der Waals surface area contributed by atoms with Gasteiger partial charge in [0.25, 0.3) is 5.91 Å². The van der Waals surface area contributed by atoms with Crippen LogP contribution in [0.3, 0.4) is 0 Å². The number of amides is 1. The van der Waals surface area contributed by atoms with Crippen LogP contribution in [0.1, 0.15) is 44.5 Å². The molecule has 1 aromatic carbocycles. The second-order valence-corrected chi connectivity index (χ2v) is 6.16. The Morgan fingerprint density at radius 3 is 2.38 bits per heavy atom. The van der Waals surface area contributed by atoms with Gasteiger partial charge in [-0.2, -0.15) is 0 Å². The maximum Gasteiger partial charge on any atom is 0.251 e. The fraction of sp³-hybridized carbons (Fsp3) is 0.588. The molecule has 0 saturated carbocycles. The van der Waals surface area contributed by atoms with Crippen LogP contribution in [0.5, 0.6) is 0 Å². The number of benzene rings is 1. The van der Waals surface area contributed by atoms with Crippen molar-refractivity contribution < 1.29 is 9.90 Å². The number of anilines is 1. The first-order valence-corrected chi connectivity index (χ1v) is 7.59. The quantitative estimate of drug-likeness (QED) is 0.812. The monoisotopic (exact) mass is 292 g/mol. The molecule has 1 amide bonds. The summed E-state index contributed by atoms with van der Waals surface area (Å²) in [6, 6.07) is 7.54. The molecule has 0 radical (unpaired) electrons.